The van der Waals surface area contributed by atoms with Crippen LogP contribution in [0.15, 0.2) is 18.2 Å². The minimum absolute atomic E-state index is 0.666. The van der Waals surface area contributed by atoms with Crippen LogP contribution in [0.3, 0.4) is 0 Å². The lowest BCUT2D eigenvalue weighted by Crippen LogP contribution is -2.32. The Labute approximate surface area is 130 Å². The molecule has 2 rings (SSSR count). The summed E-state index contributed by atoms with van der Waals surface area (Å²) in [5.74, 6) is 1.81. The quantitative estimate of drug-likeness (QED) is 0.803. The van der Waals surface area contributed by atoms with Crippen molar-refractivity contribution in [2.75, 3.05) is 18.5 Å². The Bertz CT molecular complexity index is 409. The van der Waals surface area contributed by atoms with Crippen molar-refractivity contribution in [1.29, 1.82) is 0 Å². The van der Waals surface area contributed by atoms with Crippen LogP contribution in [0.5, 0.6) is 0 Å². The van der Waals surface area contributed by atoms with E-state index in [2.05, 4.69) is 49.3 Å². The van der Waals surface area contributed by atoms with Crippen LogP contribution in [-0.4, -0.2) is 24.6 Å². The van der Waals surface area contributed by atoms with Crippen molar-refractivity contribution in [3.05, 3.63) is 23.9 Å². The summed E-state index contributed by atoms with van der Waals surface area (Å²) in [4.78, 5) is 7.24. The molecular weight excluding hydrogens is 258 g/mol. The smallest absolute Gasteiger partial charge is 0.128 e. The van der Waals surface area contributed by atoms with Gasteiger partial charge >= 0.3 is 0 Å². The monoisotopic (exact) mass is 289 g/mol. The molecule has 118 valence electrons. The predicted molar refractivity (Wildman–Crippen MR) is 90.7 cm³/mol. The minimum atomic E-state index is 0.666. The standard InChI is InChI=1S/C18H31N3/c1-15(2)13-19-14-16-9-8-12-18(20-16)21(3)17-10-6-4-5-7-11-17/h8-9,12,15,17,19H,4-7,10-11,13-14H2,1-3H3. The third-order valence-electron chi connectivity index (χ3n) is 4.38. The normalized spacial score (nSPS) is 17.0. The van der Waals surface area contributed by atoms with Gasteiger partial charge in [0, 0.05) is 19.6 Å². The number of rotatable bonds is 6. The molecule has 0 aromatic carbocycles. The van der Waals surface area contributed by atoms with Crippen molar-refractivity contribution in [3.63, 3.8) is 0 Å². The first-order chi connectivity index (χ1) is 10.2. The highest BCUT2D eigenvalue weighted by molar-refractivity contribution is 5.39. The van der Waals surface area contributed by atoms with Crippen LogP contribution in [0.4, 0.5) is 5.82 Å². The third-order valence-corrected chi connectivity index (χ3v) is 4.38. The van der Waals surface area contributed by atoms with Crippen LogP contribution in [-0.2, 0) is 6.54 Å². The molecule has 1 aromatic heterocycles. The van der Waals surface area contributed by atoms with E-state index in [4.69, 9.17) is 4.98 Å². The van der Waals surface area contributed by atoms with Crippen molar-refractivity contribution >= 4 is 5.82 Å². The average Bonchev–Trinajstić information content (AvgIpc) is 2.75. The van der Waals surface area contributed by atoms with Crippen molar-refractivity contribution < 1.29 is 0 Å². The molecule has 1 heterocycles. The molecule has 21 heavy (non-hydrogen) atoms. The lowest BCUT2D eigenvalue weighted by Gasteiger charge is -2.28. The maximum Gasteiger partial charge on any atom is 0.128 e. The summed E-state index contributed by atoms with van der Waals surface area (Å²) >= 11 is 0. The highest BCUT2D eigenvalue weighted by Crippen LogP contribution is 2.24. The number of nitrogens with zero attached hydrogens (tertiary/aromatic N) is 2. The van der Waals surface area contributed by atoms with Gasteiger partial charge in [0.1, 0.15) is 5.82 Å². The van der Waals surface area contributed by atoms with E-state index in [1.54, 1.807) is 0 Å². The SMILES string of the molecule is CC(C)CNCc1cccc(N(C)C2CCCCCC2)n1. The van der Waals surface area contributed by atoms with E-state index >= 15 is 0 Å². The van der Waals surface area contributed by atoms with E-state index in [9.17, 15) is 0 Å². The molecule has 0 radical (unpaired) electrons. The van der Waals surface area contributed by atoms with Crippen molar-refractivity contribution in [1.82, 2.24) is 10.3 Å². The highest BCUT2D eigenvalue weighted by Gasteiger charge is 2.18. The molecule has 1 aromatic rings. The summed E-state index contributed by atoms with van der Waals surface area (Å²) in [6.07, 6.45) is 8.16. The lowest BCUT2D eigenvalue weighted by molar-refractivity contribution is 0.540. The second-order valence-corrected chi connectivity index (χ2v) is 6.77. The summed E-state index contributed by atoms with van der Waals surface area (Å²) in [7, 11) is 2.21. The van der Waals surface area contributed by atoms with Crippen molar-refractivity contribution in [2.24, 2.45) is 5.92 Å². The topological polar surface area (TPSA) is 28.2 Å². The molecule has 0 spiro atoms. The Morgan fingerprint density at radius 1 is 1.19 bits per heavy atom. The molecule has 0 unspecified atom stereocenters. The second kappa shape index (κ2) is 8.38. The Hall–Kier alpha value is -1.09. The van der Waals surface area contributed by atoms with Gasteiger partial charge in [0.05, 0.1) is 5.69 Å². The van der Waals surface area contributed by atoms with Gasteiger partial charge in [-0.05, 0) is 37.4 Å². The Kier molecular flexibility index (Phi) is 6.50. The molecule has 0 bridgehead atoms. The van der Waals surface area contributed by atoms with Crippen LogP contribution in [0, 0.1) is 5.92 Å². The van der Waals surface area contributed by atoms with Crippen LogP contribution >= 0.6 is 0 Å². The van der Waals surface area contributed by atoms with Crippen molar-refractivity contribution in [2.45, 2.75) is 65.0 Å². The number of hydrogen-bond acceptors (Lipinski definition) is 3. The predicted octanol–water partition coefficient (Wildman–Crippen LogP) is 3.99. The van der Waals surface area contributed by atoms with Gasteiger partial charge in [-0.2, -0.15) is 0 Å². The molecule has 1 aliphatic carbocycles. The lowest BCUT2D eigenvalue weighted by atomic mass is 10.1. The van der Waals surface area contributed by atoms with E-state index in [-0.39, 0.29) is 0 Å². The molecule has 1 aliphatic rings. The fraction of sp³-hybridized carbons (Fsp3) is 0.722. The van der Waals surface area contributed by atoms with Gasteiger partial charge in [0.25, 0.3) is 0 Å². The first-order valence-electron chi connectivity index (χ1n) is 8.56. The molecule has 1 fully saturated rings. The Morgan fingerprint density at radius 3 is 2.57 bits per heavy atom. The minimum Gasteiger partial charge on any atom is -0.357 e. The Morgan fingerprint density at radius 2 is 1.90 bits per heavy atom. The van der Waals surface area contributed by atoms with Crippen molar-refractivity contribution in [3.8, 4) is 0 Å². The molecular formula is C18H31N3. The fourth-order valence-electron chi connectivity index (χ4n) is 3.08. The number of aromatic nitrogens is 1. The van der Waals surface area contributed by atoms with E-state index in [1.165, 1.54) is 38.5 Å². The maximum absolute atomic E-state index is 4.84. The van der Waals surface area contributed by atoms with Gasteiger partial charge in [0.2, 0.25) is 0 Å². The van der Waals surface area contributed by atoms with Crippen LogP contribution in [0.25, 0.3) is 0 Å². The van der Waals surface area contributed by atoms with E-state index in [0.29, 0.717) is 12.0 Å². The maximum atomic E-state index is 4.84. The number of anilines is 1. The van der Waals surface area contributed by atoms with E-state index < -0.39 is 0 Å². The van der Waals surface area contributed by atoms with Crippen LogP contribution < -0.4 is 10.2 Å². The zero-order chi connectivity index (χ0) is 15.1. The van der Waals surface area contributed by atoms with E-state index in [0.717, 1.165) is 24.6 Å². The van der Waals surface area contributed by atoms with Crippen LogP contribution in [0.2, 0.25) is 0 Å². The molecule has 0 amide bonds. The summed E-state index contributed by atoms with van der Waals surface area (Å²) in [5, 5.41) is 3.48. The molecule has 0 saturated heterocycles. The fourth-order valence-corrected chi connectivity index (χ4v) is 3.08. The van der Waals surface area contributed by atoms with E-state index in [1.807, 2.05) is 0 Å². The highest BCUT2D eigenvalue weighted by atomic mass is 15.2. The average molecular weight is 289 g/mol. The summed E-state index contributed by atoms with van der Waals surface area (Å²) < 4.78 is 0. The summed E-state index contributed by atoms with van der Waals surface area (Å²) in [5.41, 5.74) is 1.15. The zero-order valence-corrected chi connectivity index (χ0v) is 13.9. The Balaban J connectivity index is 1.95. The van der Waals surface area contributed by atoms with Gasteiger partial charge in [-0.3, -0.25) is 0 Å². The summed E-state index contributed by atoms with van der Waals surface area (Å²) in [6, 6.07) is 7.08. The third kappa shape index (κ3) is 5.31. The van der Waals surface area contributed by atoms with Gasteiger partial charge in [-0.15, -0.1) is 0 Å². The largest absolute Gasteiger partial charge is 0.357 e. The molecule has 3 heteroatoms. The number of pyridine rings is 1. The first kappa shape index (κ1) is 16.3. The van der Waals surface area contributed by atoms with Gasteiger partial charge in [-0.25, -0.2) is 4.98 Å². The van der Waals surface area contributed by atoms with Gasteiger partial charge < -0.3 is 10.2 Å². The van der Waals surface area contributed by atoms with Crippen LogP contribution in [0.1, 0.15) is 58.1 Å². The molecule has 1 saturated carbocycles. The zero-order valence-electron chi connectivity index (χ0n) is 13.9. The molecule has 3 nitrogen and oxygen atoms in total. The first-order valence-corrected chi connectivity index (χ1v) is 8.56. The molecule has 0 atom stereocenters. The second-order valence-electron chi connectivity index (χ2n) is 6.77. The molecule has 1 N–H and O–H groups in total. The number of hydrogen-bond donors (Lipinski definition) is 1. The molecule has 0 aliphatic heterocycles. The number of nitrogens with one attached hydrogen (secondary N) is 1. The summed E-state index contributed by atoms with van der Waals surface area (Å²) in [6.45, 7) is 6.38. The van der Waals surface area contributed by atoms with Gasteiger partial charge in [0.15, 0.2) is 0 Å². The van der Waals surface area contributed by atoms with Gasteiger partial charge in [-0.1, -0.05) is 45.6 Å².